The second kappa shape index (κ2) is 13.7. The van der Waals surface area contributed by atoms with E-state index in [0.717, 1.165) is 82.8 Å². The van der Waals surface area contributed by atoms with Crippen LogP contribution in [0.25, 0.3) is 0 Å². The fraction of sp³-hybridized carbons (Fsp3) is 0.636. The third-order valence-electron chi connectivity index (χ3n) is 5.45. The molecule has 2 aliphatic rings. The van der Waals surface area contributed by atoms with E-state index in [0.29, 0.717) is 13.2 Å². The predicted molar refractivity (Wildman–Crippen MR) is 133 cm³/mol. The molecule has 0 bridgehead atoms. The van der Waals surface area contributed by atoms with Crippen molar-refractivity contribution < 1.29 is 14.3 Å². The summed E-state index contributed by atoms with van der Waals surface area (Å²) in [4.78, 5) is 22.9. The summed E-state index contributed by atoms with van der Waals surface area (Å²) >= 11 is 0. The van der Waals surface area contributed by atoms with E-state index >= 15 is 0 Å². The van der Waals surface area contributed by atoms with Crippen molar-refractivity contribution in [1.29, 1.82) is 0 Å². The van der Waals surface area contributed by atoms with Gasteiger partial charge in [-0.3, -0.25) is 9.69 Å². The van der Waals surface area contributed by atoms with Gasteiger partial charge in [0, 0.05) is 59.3 Å². The lowest BCUT2D eigenvalue weighted by Crippen LogP contribution is -2.53. The SMILES string of the molecule is CCNC(=NCc1cccc(OCCN2CCOCC2)c1)N1CCN(C(C)=O)CC1.I. The predicted octanol–water partition coefficient (Wildman–Crippen LogP) is 1.65. The molecule has 0 spiro atoms. The van der Waals surface area contributed by atoms with Crippen molar-refractivity contribution in [3.63, 3.8) is 0 Å². The van der Waals surface area contributed by atoms with E-state index in [-0.39, 0.29) is 29.9 Å². The van der Waals surface area contributed by atoms with Crippen LogP contribution < -0.4 is 10.1 Å². The van der Waals surface area contributed by atoms with E-state index in [2.05, 4.69) is 34.2 Å². The van der Waals surface area contributed by atoms with Crippen LogP contribution >= 0.6 is 24.0 Å². The van der Waals surface area contributed by atoms with Gasteiger partial charge in [-0.2, -0.15) is 0 Å². The van der Waals surface area contributed by atoms with Gasteiger partial charge in [-0.1, -0.05) is 12.1 Å². The first-order chi connectivity index (χ1) is 14.7. The van der Waals surface area contributed by atoms with Crippen LogP contribution in [-0.4, -0.2) is 98.7 Å². The first-order valence-electron chi connectivity index (χ1n) is 11.0. The Balaban J connectivity index is 0.00000341. The van der Waals surface area contributed by atoms with Gasteiger partial charge in [0.2, 0.25) is 5.91 Å². The molecule has 2 heterocycles. The third-order valence-corrected chi connectivity index (χ3v) is 5.45. The zero-order valence-corrected chi connectivity index (χ0v) is 21.0. The Labute approximate surface area is 203 Å². The van der Waals surface area contributed by atoms with Crippen LogP contribution in [0.4, 0.5) is 0 Å². The monoisotopic (exact) mass is 545 g/mol. The van der Waals surface area contributed by atoms with Gasteiger partial charge >= 0.3 is 0 Å². The lowest BCUT2D eigenvalue weighted by molar-refractivity contribution is -0.130. The van der Waals surface area contributed by atoms with Gasteiger partial charge in [0.1, 0.15) is 12.4 Å². The standard InChI is InChI=1S/C22H35N5O3.HI/c1-3-23-22(27-9-7-26(8-10-27)19(2)28)24-18-20-5-4-6-21(17-20)30-16-13-25-11-14-29-15-12-25;/h4-6,17H,3,7-16,18H2,1-2H3,(H,23,24);1H. The number of morpholine rings is 1. The maximum absolute atomic E-state index is 11.6. The molecule has 2 saturated heterocycles. The first-order valence-corrected chi connectivity index (χ1v) is 11.0. The van der Waals surface area contributed by atoms with Crippen LogP contribution in [0.2, 0.25) is 0 Å². The van der Waals surface area contributed by atoms with Crippen molar-refractivity contribution in [1.82, 2.24) is 20.0 Å². The number of hydrogen-bond donors (Lipinski definition) is 1. The van der Waals surface area contributed by atoms with Crippen LogP contribution in [0.1, 0.15) is 19.4 Å². The smallest absolute Gasteiger partial charge is 0.219 e. The molecular formula is C22H36IN5O3. The Kier molecular flexibility index (Phi) is 11.4. The molecule has 8 nitrogen and oxygen atoms in total. The van der Waals surface area contributed by atoms with E-state index in [1.807, 2.05) is 17.0 Å². The van der Waals surface area contributed by atoms with Crippen molar-refractivity contribution in [3.05, 3.63) is 29.8 Å². The van der Waals surface area contributed by atoms with Crippen molar-refractivity contribution in [2.24, 2.45) is 4.99 Å². The number of hydrogen-bond acceptors (Lipinski definition) is 5. The minimum atomic E-state index is 0. The summed E-state index contributed by atoms with van der Waals surface area (Å²) in [5.41, 5.74) is 1.12. The minimum absolute atomic E-state index is 0. The molecule has 3 rings (SSSR count). The molecule has 1 amide bonds. The third kappa shape index (κ3) is 8.46. The van der Waals surface area contributed by atoms with Gasteiger partial charge in [0.05, 0.1) is 19.8 Å². The Morgan fingerprint density at radius 3 is 2.52 bits per heavy atom. The van der Waals surface area contributed by atoms with E-state index in [4.69, 9.17) is 14.5 Å². The average molecular weight is 545 g/mol. The highest BCUT2D eigenvalue weighted by Crippen LogP contribution is 2.15. The summed E-state index contributed by atoms with van der Waals surface area (Å²) in [5.74, 6) is 1.93. The van der Waals surface area contributed by atoms with Gasteiger partial charge in [-0.25, -0.2) is 4.99 Å². The summed E-state index contributed by atoms with van der Waals surface area (Å²) < 4.78 is 11.3. The van der Waals surface area contributed by atoms with Crippen molar-refractivity contribution in [2.75, 3.05) is 72.2 Å². The molecule has 1 aromatic carbocycles. The number of nitrogens with one attached hydrogen (secondary N) is 1. The number of carbonyl (C=O) groups excluding carboxylic acids is 1. The lowest BCUT2D eigenvalue weighted by atomic mass is 10.2. The van der Waals surface area contributed by atoms with E-state index < -0.39 is 0 Å². The van der Waals surface area contributed by atoms with Gasteiger partial charge in [-0.15, -0.1) is 24.0 Å². The van der Waals surface area contributed by atoms with Crippen LogP contribution in [-0.2, 0) is 16.1 Å². The van der Waals surface area contributed by atoms with Crippen LogP contribution in [0.3, 0.4) is 0 Å². The highest BCUT2D eigenvalue weighted by Gasteiger charge is 2.20. The number of carbonyl (C=O) groups is 1. The van der Waals surface area contributed by atoms with Gasteiger partial charge < -0.3 is 24.6 Å². The largest absolute Gasteiger partial charge is 0.492 e. The molecule has 0 aliphatic carbocycles. The molecule has 1 aromatic rings. The fourth-order valence-corrected chi connectivity index (χ4v) is 3.68. The maximum Gasteiger partial charge on any atom is 0.219 e. The molecular weight excluding hydrogens is 509 g/mol. The molecule has 0 unspecified atom stereocenters. The molecule has 174 valence electrons. The summed E-state index contributed by atoms with van der Waals surface area (Å²) in [6.07, 6.45) is 0. The van der Waals surface area contributed by atoms with Crippen molar-refractivity contribution in [2.45, 2.75) is 20.4 Å². The first kappa shape index (κ1) is 25.7. The fourth-order valence-electron chi connectivity index (χ4n) is 3.68. The Hall–Kier alpha value is -1.59. The minimum Gasteiger partial charge on any atom is -0.492 e. The van der Waals surface area contributed by atoms with Gasteiger partial charge in [0.15, 0.2) is 5.96 Å². The number of ether oxygens (including phenoxy) is 2. The molecule has 1 N–H and O–H groups in total. The Bertz CT molecular complexity index is 704. The number of halogens is 1. The summed E-state index contributed by atoms with van der Waals surface area (Å²) in [7, 11) is 0. The molecule has 0 aromatic heterocycles. The van der Waals surface area contributed by atoms with Crippen LogP contribution in [0, 0.1) is 0 Å². The Morgan fingerprint density at radius 2 is 1.84 bits per heavy atom. The van der Waals surface area contributed by atoms with Crippen LogP contribution in [0.5, 0.6) is 5.75 Å². The van der Waals surface area contributed by atoms with E-state index in [1.165, 1.54) is 0 Å². The average Bonchev–Trinajstić information content (AvgIpc) is 2.78. The molecule has 2 fully saturated rings. The zero-order valence-electron chi connectivity index (χ0n) is 18.7. The summed E-state index contributed by atoms with van der Waals surface area (Å²) in [5, 5.41) is 3.38. The highest BCUT2D eigenvalue weighted by molar-refractivity contribution is 14.0. The molecule has 31 heavy (non-hydrogen) atoms. The van der Waals surface area contributed by atoms with Crippen molar-refractivity contribution in [3.8, 4) is 5.75 Å². The number of piperazine rings is 1. The number of nitrogens with zero attached hydrogens (tertiary/aromatic N) is 4. The van der Waals surface area contributed by atoms with E-state index in [1.54, 1.807) is 6.92 Å². The lowest BCUT2D eigenvalue weighted by Gasteiger charge is -2.36. The molecule has 2 aliphatic heterocycles. The van der Waals surface area contributed by atoms with Crippen molar-refractivity contribution >= 4 is 35.8 Å². The van der Waals surface area contributed by atoms with Gasteiger partial charge in [-0.05, 0) is 24.6 Å². The zero-order chi connectivity index (χ0) is 21.2. The Morgan fingerprint density at radius 1 is 1.13 bits per heavy atom. The summed E-state index contributed by atoms with van der Waals surface area (Å²) in [6.45, 7) is 13.4. The quantitative estimate of drug-likeness (QED) is 0.320. The number of benzene rings is 1. The highest BCUT2D eigenvalue weighted by atomic mass is 127. The number of amides is 1. The molecule has 9 heteroatoms. The van der Waals surface area contributed by atoms with E-state index in [9.17, 15) is 4.79 Å². The maximum atomic E-state index is 11.6. The number of rotatable bonds is 7. The van der Waals surface area contributed by atoms with Crippen LogP contribution in [0.15, 0.2) is 29.3 Å². The molecule has 0 atom stereocenters. The number of guanidine groups is 1. The second-order valence-electron chi connectivity index (χ2n) is 7.61. The topological polar surface area (TPSA) is 69.6 Å². The molecule has 0 saturated carbocycles. The second-order valence-corrected chi connectivity index (χ2v) is 7.61. The molecule has 0 radical (unpaired) electrons. The number of aliphatic imine (C=N–C) groups is 1. The normalized spacial score (nSPS) is 17.8. The summed E-state index contributed by atoms with van der Waals surface area (Å²) in [6, 6.07) is 8.17. The van der Waals surface area contributed by atoms with Gasteiger partial charge in [0.25, 0.3) is 0 Å².